The molecule has 2 aromatic carbocycles. The number of nitrogens with zero attached hydrogens (tertiary/aromatic N) is 1. The Morgan fingerprint density at radius 3 is 2.56 bits per heavy atom. The third-order valence-corrected chi connectivity index (χ3v) is 5.30. The quantitative estimate of drug-likeness (QED) is 0.467. The number of rotatable bonds is 9. The van der Waals surface area contributed by atoms with E-state index in [1.165, 1.54) is 23.5 Å². The standard InChI is InChI=1S/C21H18F4N2O4S/c22-19(23)21(24,25)31-14-8-4-5-12(9-14)10-15(27-20(29)30)17(28)16-11-32-18(26-16)13-6-2-1-3-7-13/h1-9,11,15,17,19,27-28H,10H2,(H,29,30)/p-1. The highest BCUT2D eigenvalue weighted by Crippen LogP contribution is 2.30. The first-order valence-electron chi connectivity index (χ1n) is 9.26. The Hall–Kier alpha value is -3.18. The normalized spacial score (nSPS) is 13.6. The molecule has 0 bridgehead atoms. The lowest BCUT2D eigenvalue weighted by atomic mass is 9.99. The Labute approximate surface area is 184 Å². The van der Waals surface area contributed by atoms with Gasteiger partial charge < -0.3 is 25.1 Å². The predicted octanol–water partition coefficient (Wildman–Crippen LogP) is 3.62. The number of ether oxygens (including phenoxy) is 1. The zero-order chi connectivity index (χ0) is 23.3. The molecular formula is C21H17F4N2O4S-. The van der Waals surface area contributed by atoms with Crippen LogP contribution in [0.4, 0.5) is 22.4 Å². The average Bonchev–Trinajstić information content (AvgIpc) is 3.23. The van der Waals surface area contributed by atoms with Crippen LogP contribution >= 0.6 is 11.3 Å². The highest BCUT2D eigenvalue weighted by Gasteiger charge is 2.44. The second-order valence-electron chi connectivity index (χ2n) is 6.74. The van der Waals surface area contributed by atoms with Gasteiger partial charge in [0.15, 0.2) is 0 Å². The van der Waals surface area contributed by atoms with Crippen LogP contribution in [0.5, 0.6) is 5.75 Å². The van der Waals surface area contributed by atoms with E-state index >= 15 is 0 Å². The highest BCUT2D eigenvalue weighted by atomic mass is 32.1. The molecule has 0 radical (unpaired) electrons. The molecule has 0 aliphatic carbocycles. The average molecular weight is 469 g/mol. The summed E-state index contributed by atoms with van der Waals surface area (Å²) in [6.07, 6.45) is -11.9. The molecule has 0 aliphatic rings. The predicted molar refractivity (Wildman–Crippen MR) is 107 cm³/mol. The fourth-order valence-corrected chi connectivity index (χ4v) is 3.78. The first-order valence-corrected chi connectivity index (χ1v) is 10.1. The van der Waals surface area contributed by atoms with Crippen molar-refractivity contribution in [3.63, 3.8) is 0 Å². The number of benzene rings is 2. The van der Waals surface area contributed by atoms with Crippen molar-refractivity contribution in [2.45, 2.75) is 31.1 Å². The van der Waals surface area contributed by atoms with Gasteiger partial charge >= 0.3 is 12.5 Å². The maximum Gasteiger partial charge on any atom is 0.461 e. The van der Waals surface area contributed by atoms with Crippen LogP contribution in [0, 0.1) is 0 Å². The number of aliphatic hydroxyl groups is 1. The molecule has 0 saturated carbocycles. The van der Waals surface area contributed by atoms with E-state index in [1.54, 1.807) is 5.38 Å². The molecule has 3 aromatic rings. The summed E-state index contributed by atoms with van der Waals surface area (Å²) in [5.41, 5.74) is 1.26. The zero-order valence-corrected chi connectivity index (χ0v) is 17.1. The van der Waals surface area contributed by atoms with Crippen LogP contribution in [0.15, 0.2) is 60.0 Å². The van der Waals surface area contributed by atoms with Gasteiger partial charge in [0, 0.05) is 10.9 Å². The summed E-state index contributed by atoms with van der Waals surface area (Å²) < 4.78 is 55.2. The van der Waals surface area contributed by atoms with Crippen LogP contribution < -0.4 is 15.2 Å². The number of nitrogens with one attached hydrogen (secondary N) is 1. The summed E-state index contributed by atoms with van der Waals surface area (Å²) >= 11 is 1.25. The molecule has 1 aromatic heterocycles. The van der Waals surface area contributed by atoms with E-state index in [2.05, 4.69) is 15.0 Å². The van der Waals surface area contributed by atoms with Crippen LogP contribution in [0.25, 0.3) is 10.6 Å². The number of carbonyl (C=O) groups excluding carboxylic acids is 1. The van der Waals surface area contributed by atoms with Crippen LogP contribution in [0.2, 0.25) is 0 Å². The van der Waals surface area contributed by atoms with Gasteiger partial charge in [-0.2, -0.15) is 17.6 Å². The second-order valence-corrected chi connectivity index (χ2v) is 7.60. The van der Waals surface area contributed by atoms with Crippen molar-refractivity contribution in [3.8, 4) is 16.3 Å². The van der Waals surface area contributed by atoms with Crippen molar-refractivity contribution in [2.75, 3.05) is 0 Å². The van der Waals surface area contributed by atoms with Gasteiger partial charge in [-0.25, -0.2) is 4.98 Å². The van der Waals surface area contributed by atoms with Gasteiger partial charge in [-0.1, -0.05) is 42.5 Å². The lowest BCUT2D eigenvalue weighted by molar-refractivity contribution is -0.253. The van der Waals surface area contributed by atoms with E-state index in [0.29, 0.717) is 5.01 Å². The number of amides is 1. The van der Waals surface area contributed by atoms with Gasteiger partial charge in [-0.3, -0.25) is 0 Å². The van der Waals surface area contributed by atoms with Gasteiger partial charge in [-0.05, 0) is 24.1 Å². The van der Waals surface area contributed by atoms with E-state index < -0.39 is 36.5 Å². The lowest BCUT2D eigenvalue weighted by Gasteiger charge is -2.25. The van der Waals surface area contributed by atoms with Gasteiger partial charge in [0.2, 0.25) is 0 Å². The van der Waals surface area contributed by atoms with E-state index in [9.17, 15) is 32.6 Å². The maximum absolute atomic E-state index is 13.2. The van der Waals surface area contributed by atoms with E-state index in [0.717, 1.165) is 17.7 Å². The van der Waals surface area contributed by atoms with Crippen molar-refractivity contribution >= 4 is 17.4 Å². The number of alkyl halides is 4. The number of halogens is 4. The molecule has 6 nitrogen and oxygen atoms in total. The van der Waals surface area contributed by atoms with Crippen LogP contribution in [0.3, 0.4) is 0 Å². The van der Waals surface area contributed by atoms with Crippen LogP contribution in [-0.4, -0.2) is 34.8 Å². The first-order chi connectivity index (χ1) is 15.2. The largest absolute Gasteiger partial charge is 0.530 e. The summed E-state index contributed by atoms with van der Waals surface area (Å²) in [5, 5.41) is 26.1. The van der Waals surface area contributed by atoms with Gasteiger partial charge in [0.25, 0.3) is 0 Å². The smallest absolute Gasteiger partial charge is 0.461 e. The Morgan fingerprint density at radius 1 is 1.19 bits per heavy atom. The van der Waals surface area contributed by atoms with Crippen molar-refractivity contribution in [1.82, 2.24) is 10.3 Å². The molecule has 3 rings (SSSR count). The van der Waals surface area contributed by atoms with E-state index in [4.69, 9.17) is 0 Å². The van der Waals surface area contributed by atoms with Crippen molar-refractivity contribution in [1.29, 1.82) is 0 Å². The fraction of sp³-hybridized carbons (Fsp3) is 0.238. The number of hydrogen-bond donors (Lipinski definition) is 2. The fourth-order valence-electron chi connectivity index (χ4n) is 2.93. The maximum atomic E-state index is 13.2. The SMILES string of the molecule is O=C([O-])NC(Cc1cccc(OC(F)(F)C(F)F)c1)C(O)c1csc(-c2ccccc2)n1. The third-order valence-electron chi connectivity index (χ3n) is 4.39. The summed E-state index contributed by atoms with van der Waals surface area (Å²) in [7, 11) is 0. The number of aliphatic hydroxyl groups excluding tert-OH is 1. The molecule has 32 heavy (non-hydrogen) atoms. The minimum atomic E-state index is -4.69. The monoisotopic (exact) mass is 469 g/mol. The molecule has 1 amide bonds. The molecule has 0 spiro atoms. The first kappa shape index (κ1) is 23.5. The Bertz CT molecular complexity index is 1050. The summed E-state index contributed by atoms with van der Waals surface area (Å²) in [6.45, 7) is 0. The molecule has 2 N–H and O–H groups in total. The number of carboxylic acid groups (broad SMARTS) is 1. The minimum Gasteiger partial charge on any atom is -0.530 e. The number of carbonyl (C=O) groups is 1. The van der Waals surface area contributed by atoms with Crippen molar-refractivity contribution in [2.24, 2.45) is 0 Å². The number of thiazole rings is 1. The van der Waals surface area contributed by atoms with Crippen LogP contribution in [-0.2, 0) is 6.42 Å². The Kier molecular flexibility index (Phi) is 7.31. The third kappa shape index (κ3) is 5.95. The molecule has 0 aliphatic heterocycles. The van der Waals surface area contributed by atoms with Crippen molar-refractivity contribution in [3.05, 3.63) is 71.2 Å². The second kappa shape index (κ2) is 9.96. The zero-order valence-electron chi connectivity index (χ0n) is 16.3. The molecule has 1 heterocycles. The van der Waals surface area contributed by atoms with Crippen molar-refractivity contribution < 1.29 is 37.3 Å². The highest BCUT2D eigenvalue weighted by molar-refractivity contribution is 7.13. The lowest BCUT2D eigenvalue weighted by Crippen LogP contribution is -2.47. The van der Waals surface area contributed by atoms with E-state index in [-0.39, 0.29) is 17.7 Å². The molecule has 170 valence electrons. The molecule has 2 atom stereocenters. The molecular weight excluding hydrogens is 452 g/mol. The summed E-state index contributed by atoms with van der Waals surface area (Å²) in [6, 6.07) is 12.8. The molecule has 0 fully saturated rings. The van der Waals surface area contributed by atoms with Gasteiger partial charge in [0.05, 0.1) is 11.7 Å². The van der Waals surface area contributed by atoms with E-state index in [1.807, 2.05) is 30.3 Å². The molecule has 11 heteroatoms. The molecule has 0 saturated heterocycles. The number of hydrogen-bond acceptors (Lipinski definition) is 6. The topological polar surface area (TPSA) is 94.5 Å². The Balaban J connectivity index is 1.79. The van der Waals surface area contributed by atoms with Gasteiger partial charge in [-0.15, -0.1) is 11.3 Å². The van der Waals surface area contributed by atoms with Crippen LogP contribution in [0.1, 0.15) is 17.4 Å². The van der Waals surface area contributed by atoms with Gasteiger partial charge in [0.1, 0.15) is 23.0 Å². The summed E-state index contributed by atoms with van der Waals surface area (Å²) in [5.74, 6) is -0.533. The Morgan fingerprint density at radius 2 is 1.91 bits per heavy atom. The summed E-state index contributed by atoms with van der Waals surface area (Å²) in [4.78, 5) is 15.5. The number of aromatic nitrogens is 1. The molecule has 2 unspecified atom stereocenters. The minimum absolute atomic E-state index is 0.176.